The quantitative estimate of drug-likeness (QED) is 0.763. The summed E-state index contributed by atoms with van der Waals surface area (Å²) in [7, 11) is 0. The molecule has 0 unspecified atom stereocenters. The molecule has 3 nitrogen and oxygen atoms in total. The van der Waals surface area contributed by atoms with Crippen LogP contribution in [0, 0.1) is 0 Å². The van der Waals surface area contributed by atoms with Crippen LogP contribution in [0.15, 0.2) is 31.0 Å². The molecule has 0 saturated heterocycles. The van der Waals surface area contributed by atoms with Crippen LogP contribution in [0.25, 0.3) is 0 Å². The van der Waals surface area contributed by atoms with Gasteiger partial charge in [-0.15, -0.1) is 6.58 Å². The van der Waals surface area contributed by atoms with Gasteiger partial charge >= 0.3 is 0 Å². The van der Waals surface area contributed by atoms with Gasteiger partial charge in [0.1, 0.15) is 5.82 Å². The Morgan fingerprint density at radius 3 is 2.58 bits per heavy atom. The number of hydrogen-bond acceptors (Lipinski definition) is 3. The molecule has 19 heavy (non-hydrogen) atoms. The molecule has 0 bridgehead atoms. The highest BCUT2D eigenvalue weighted by atomic mass is 15.2. The van der Waals surface area contributed by atoms with Crippen molar-refractivity contribution < 1.29 is 0 Å². The third-order valence-electron chi connectivity index (χ3n) is 2.80. The van der Waals surface area contributed by atoms with E-state index in [-0.39, 0.29) is 5.54 Å². The molecule has 0 amide bonds. The van der Waals surface area contributed by atoms with Crippen molar-refractivity contribution in [1.29, 1.82) is 0 Å². The van der Waals surface area contributed by atoms with E-state index in [1.807, 2.05) is 12.3 Å². The smallest absolute Gasteiger partial charge is 0.128 e. The highest BCUT2D eigenvalue weighted by Crippen LogP contribution is 2.12. The maximum atomic E-state index is 4.56. The molecule has 0 saturated carbocycles. The van der Waals surface area contributed by atoms with Crippen molar-refractivity contribution >= 4 is 5.82 Å². The molecule has 0 aliphatic rings. The lowest BCUT2D eigenvalue weighted by Crippen LogP contribution is -2.35. The van der Waals surface area contributed by atoms with E-state index in [2.05, 4.69) is 61.6 Å². The van der Waals surface area contributed by atoms with E-state index in [4.69, 9.17) is 0 Å². The van der Waals surface area contributed by atoms with Gasteiger partial charge in [0.2, 0.25) is 0 Å². The molecule has 0 aromatic carbocycles. The maximum Gasteiger partial charge on any atom is 0.128 e. The highest BCUT2D eigenvalue weighted by Gasteiger charge is 2.09. The van der Waals surface area contributed by atoms with E-state index in [0.717, 1.165) is 31.9 Å². The van der Waals surface area contributed by atoms with Gasteiger partial charge in [0.15, 0.2) is 0 Å². The van der Waals surface area contributed by atoms with Crippen LogP contribution in [-0.4, -0.2) is 23.6 Å². The first-order chi connectivity index (χ1) is 8.96. The normalized spacial score (nSPS) is 11.4. The van der Waals surface area contributed by atoms with Crippen LogP contribution in [0.2, 0.25) is 0 Å². The van der Waals surface area contributed by atoms with E-state index in [0.29, 0.717) is 0 Å². The van der Waals surface area contributed by atoms with Gasteiger partial charge in [0, 0.05) is 31.4 Å². The SMILES string of the molecule is C=CCN(CCC)c1ccc(CNC(C)(C)C)cn1. The summed E-state index contributed by atoms with van der Waals surface area (Å²) in [6.07, 6.45) is 5.00. The number of aromatic nitrogens is 1. The van der Waals surface area contributed by atoms with Crippen LogP contribution >= 0.6 is 0 Å². The van der Waals surface area contributed by atoms with Crippen molar-refractivity contribution in [3.8, 4) is 0 Å². The van der Waals surface area contributed by atoms with Crippen molar-refractivity contribution in [2.24, 2.45) is 0 Å². The lowest BCUT2D eigenvalue weighted by molar-refractivity contribution is 0.424. The number of nitrogens with zero attached hydrogens (tertiary/aromatic N) is 2. The molecule has 1 aromatic rings. The largest absolute Gasteiger partial charge is 0.353 e. The zero-order valence-corrected chi connectivity index (χ0v) is 12.7. The number of hydrogen-bond donors (Lipinski definition) is 1. The number of rotatable bonds is 7. The third-order valence-corrected chi connectivity index (χ3v) is 2.80. The minimum atomic E-state index is 0.135. The Kier molecular flexibility index (Phi) is 6.03. The molecule has 3 heteroatoms. The lowest BCUT2D eigenvalue weighted by Gasteiger charge is -2.22. The Labute approximate surface area is 117 Å². The van der Waals surface area contributed by atoms with Gasteiger partial charge in [-0.25, -0.2) is 4.98 Å². The first-order valence-corrected chi connectivity index (χ1v) is 7.02. The summed E-state index contributed by atoms with van der Waals surface area (Å²) in [5.41, 5.74) is 1.35. The molecule has 0 aliphatic heterocycles. The number of anilines is 1. The second-order valence-corrected chi connectivity index (χ2v) is 5.86. The van der Waals surface area contributed by atoms with Gasteiger partial charge in [0.05, 0.1) is 0 Å². The summed E-state index contributed by atoms with van der Waals surface area (Å²) in [4.78, 5) is 6.80. The zero-order valence-electron chi connectivity index (χ0n) is 12.7. The Bertz CT molecular complexity index is 376. The molecule has 0 aliphatic carbocycles. The van der Waals surface area contributed by atoms with E-state index in [1.165, 1.54) is 5.56 Å². The first-order valence-electron chi connectivity index (χ1n) is 7.02. The summed E-state index contributed by atoms with van der Waals surface area (Å²) >= 11 is 0. The Hall–Kier alpha value is -1.35. The molecule has 0 radical (unpaired) electrons. The van der Waals surface area contributed by atoms with Crippen LogP contribution < -0.4 is 10.2 Å². The minimum Gasteiger partial charge on any atom is -0.353 e. The number of nitrogens with one attached hydrogen (secondary N) is 1. The summed E-state index contributed by atoms with van der Waals surface area (Å²) in [6, 6.07) is 4.24. The summed E-state index contributed by atoms with van der Waals surface area (Å²) < 4.78 is 0. The highest BCUT2D eigenvalue weighted by molar-refractivity contribution is 5.40. The average Bonchev–Trinajstić information content (AvgIpc) is 2.36. The van der Waals surface area contributed by atoms with E-state index in [1.54, 1.807) is 0 Å². The third kappa shape index (κ3) is 5.88. The molecule has 1 rings (SSSR count). The van der Waals surface area contributed by atoms with E-state index in [9.17, 15) is 0 Å². The first kappa shape index (κ1) is 15.7. The van der Waals surface area contributed by atoms with Gasteiger partial charge in [-0.2, -0.15) is 0 Å². The predicted octanol–water partition coefficient (Wildman–Crippen LogP) is 3.37. The second kappa shape index (κ2) is 7.29. The summed E-state index contributed by atoms with van der Waals surface area (Å²) in [5.74, 6) is 1.03. The Morgan fingerprint density at radius 1 is 1.37 bits per heavy atom. The maximum absolute atomic E-state index is 4.56. The van der Waals surface area contributed by atoms with Gasteiger partial charge in [-0.05, 0) is 38.8 Å². The predicted molar refractivity (Wildman–Crippen MR) is 83.5 cm³/mol. The van der Waals surface area contributed by atoms with Gasteiger partial charge < -0.3 is 10.2 Å². The molecular weight excluding hydrogens is 234 g/mol. The zero-order chi connectivity index (χ0) is 14.3. The molecule has 0 atom stereocenters. The molecule has 0 fully saturated rings. The Balaban J connectivity index is 2.66. The van der Waals surface area contributed by atoms with Gasteiger partial charge in [-0.3, -0.25) is 0 Å². The molecule has 1 heterocycles. The minimum absolute atomic E-state index is 0.135. The topological polar surface area (TPSA) is 28.2 Å². The molecule has 106 valence electrons. The molecule has 1 N–H and O–H groups in total. The summed E-state index contributed by atoms with van der Waals surface area (Å²) in [6.45, 7) is 15.2. The molecule has 0 spiro atoms. The Morgan fingerprint density at radius 2 is 2.11 bits per heavy atom. The van der Waals surface area contributed by atoms with Crippen LogP contribution in [0.4, 0.5) is 5.82 Å². The van der Waals surface area contributed by atoms with E-state index >= 15 is 0 Å². The van der Waals surface area contributed by atoms with Crippen molar-refractivity contribution in [1.82, 2.24) is 10.3 Å². The standard InChI is InChI=1S/C16H27N3/c1-6-10-19(11-7-2)15-9-8-14(12-17-15)13-18-16(3,4)5/h6,8-9,12,18H,1,7,10-11,13H2,2-5H3. The van der Waals surface area contributed by atoms with Crippen LogP contribution in [-0.2, 0) is 6.54 Å². The molecule has 1 aromatic heterocycles. The lowest BCUT2D eigenvalue weighted by atomic mass is 10.1. The summed E-state index contributed by atoms with van der Waals surface area (Å²) in [5, 5.41) is 3.47. The molecular formula is C16H27N3. The van der Waals surface area contributed by atoms with Crippen LogP contribution in [0.3, 0.4) is 0 Å². The van der Waals surface area contributed by atoms with Crippen molar-refractivity contribution in [3.63, 3.8) is 0 Å². The van der Waals surface area contributed by atoms with Crippen LogP contribution in [0.5, 0.6) is 0 Å². The van der Waals surface area contributed by atoms with Crippen LogP contribution in [0.1, 0.15) is 39.7 Å². The van der Waals surface area contributed by atoms with Crippen molar-refractivity contribution in [2.75, 3.05) is 18.0 Å². The second-order valence-electron chi connectivity index (χ2n) is 5.86. The average molecular weight is 261 g/mol. The van der Waals surface area contributed by atoms with Crippen molar-refractivity contribution in [3.05, 3.63) is 36.5 Å². The fraction of sp³-hybridized carbons (Fsp3) is 0.562. The fourth-order valence-electron chi connectivity index (χ4n) is 1.80. The van der Waals surface area contributed by atoms with E-state index < -0.39 is 0 Å². The van der Waals surface area contributed by atoms with Gasteiger partial charge in [-0.1, -0.05) is 19.1 Å². The number of pyridine rings is 1. The monoisotopic (exact) mass is 261 g/mol. The fourth-order valence-corrected chi connectivity index (χ4v) is 1.80. The van der Waals surface area contributed by atoms with Crippen molar-refractivity contribution in [2.45, 2.75) is 46.2 Å². The van der Waals surface area contributed by atoms with Gasteiger partial charge in [0.25, 0.3) is 0 Å².